The van der Waals surface area contributed by atoms with E-state index in [1.54, 1.807) is 12.1 Å². The Morgan fingerprint density at radius 2 is 2.00 bits per heavy atom. The van der Waals surface area contributed by atoms with Crippen LogP contribution in [0.15, 0.2) is 18.2 Å². The molecule has 1 aromatic rings. The van der Waals surface area contributed by atoms with Crippen LogP contribution >= 0.6 is 11.6 Å². The molecule has 2 aliphatic rings. The largest absolute Gasteiger partial charge is 0.314 e. The fourth-order valence-corrected chi connectivity index (χ4v) is 3.06. The fraction of sp³-hybridized carbons (Fsp3) is 0.571. The molecule has 114 valence electrons. The van der Waals surface area contributed by atoms with E-state index in [-0.39, 0.29) is 10.7 Å². The van der Waals surface area contributed by atoms with Gasteiger partial charge in [0.05, 0.1) is 4.92 Å². The summed E-state index contributed by atoms with van der Waals surface area (Å²) in [6.07, 6.45) is 0. The van der Waals surface area contributed by atoms with Gasteiger partial charge in [-0.05, 0) is 11.6 Å². The average Bonchev–Trinajstić information content (AvgIpc) is 2.41. The number of halogens is 1. The lowest BCUT2D eigenvalue weighted by atomic mass is 10.1. The molecule has 0 amide bonds. The molecule has 0 bridgehead atoms. The maximum absolute atomic E-state index is 10.9. The quantitative estimate of drug-likeness (QED) is 0.672. The van der Waals surface area contributed by atoms with Crippen molar-refractivity contribution in [2.75, 3.05) is 39.3 Å². The molecule has 1 N–H and O–H groups in total. The molecule has 0 unspecified atom stereocenters. The van der Waals surface area contributed by atoms with E-state index in [9.17, 15) is 10.1 Å². The highest BCUT2D eigenvalue weighted by Crippen LogP contribution is 2.25. The molecule has 7 heteroatoms. The fourth-order valence-electron chi connectivity index (χ4n) is 2.87. The first-order valence-electron chi connectivity index (χ1n) is 7.23. The second-order valence-electron chi connectivity index (χ2n) is 5.67. The molecule has 0 radical (unpaired) electrons. The second-order valence-corrected chi connectivity index (χ2v) is 6.07. The second kappa shape index (κ2) is 6.27. The smallest absolute Gasteiger partial charge is 0.288 e. The van der Waals surface area contributed by atoms with Gasteiger partial charge in [-0.15, -0.1) is 0 Å². The number of nitrogens with zero attached hydrogens (tertiary/aromatic N) is 3. The van der Waals surface area contributed by atoms with Gasteiger partial charge in [0.15, 0.2) is 0 Å². The number of benzene rings is 1. The van der Waals surface area contributed by atoms with Crippen molar-refractivity contribution in [1.82, 2.24) is 15.1 Å². The van der Waals surface area contributed by atoms with Gasteiger partial charge in [0.25, 0.3) is 5.69 Å². The molecular formula is C14H19ClN4O2. The molecule has 1 aromatic carbocycles. The van der Waals surface area contributed by atoms with Crippen molar-refractivity contribution in [2.24, 2.45) is 0 Å². The molecular weight excluding hydrogens is 292 g/mol. The van der Waals surface area contributed by atoms with Gasteiger partial charge < -0.3 is 5.32 Å². The number of hydrogen-bond donors (Lipinski definition) is 1. The number of nitrogens with one attached hydrogen (secondary N) is 1. The van der Waals surface area contributed by atoms with Crippen molar-refractivity contribution >= 4 is 17.3 Å². The first-order valence-corrected chi connectivity index (χ1v) is 7.61. The van der Waals surface area contributed by atoms with Crippen molar-refractivity contribution in [2.45, 2.75) is 12.6 Å². The summed E-state index contributed by atoms with van der Waals surface area (Å²) in [5, 5.41) is 14.4. The van der Waals surface area contributed by atoms with Crippen LogP contribution in [0, 0.1) is 10.1 Å². The number of rotatable bonds is 4. The number of nitro benzene ring substituents is 1. The van der Waals surface area contributed by atoms with Crippen molar-refractivity contribution in [3.8, 4) is 0 Å². The van der Waals surface area contributed by atoms with Crippen LogP contribution in [0.5, 0.6) is 0 Å². The molecule has 0 atom stereocenters. The molecule has 0 aromatic heterocycles. The Balaban J connectivity index is 1.57. The highest BCUT2D eigenvalue weighted by atomic mass is 35.5. The summed E-state index contributed by atoms with van der Waals surface area (Å²) in [6, 6.07) is 5.77. The Bertz CT molecular complexity index is 528. The van der Waals surface area contributed by atoms with Crippen LogP contribution in [0.3, 0.4) is 0 Å². The van der Waals surface area contributed by atoms with Gasteiger partial charge in [0, 0.05) is 57.9 Å². The predicted octanol–water partition coefficient (Wildman–Crippen LogP) is 1.34. The van der Waals surface area contributed by atoms with Gasteiger partial charge in [-0.2, -0.15) is 0 Å². The van der Waals surface area contributed by atoms with Crippen LogP contribution < -0.4 is 5.32 Å². The van der Waals surface area contributed by atoms with Crippen LogP contribution in [-0.2, 0) is 6.54 Å². The Hall–Kier alpha value is -1.21. The minimum atomic E-state index is -0.423. The zero-order valence-corrected chi connectivity index (χ0v) is 12.6. The molecule has 2 saturated heterocycles. The Labute approximate surface area is 128 Å². The third-order valence-electron chi connectivity index (χ3n) is 4.30. The SMILES string of the molecule is O=[N+]([O-])c1cc(CN2CCN(C3CNC3)CC2)ccc1Cl. The van der Waals surface area contributed by atoms with Gasteiger partial charge in [0.1, 0.15) is 5.02 Å². The lowest BCUT2D eigenvalue weighted by Crippen LogP contribution is -2.61. The molecule has 0 aliphatic carbocycles. The number of piperazine rings is 1. The molecule has 21 heavy (non-hydrogen) atoms. The summed E-state index contributed by atoms with van der Waals surface area (Å²) < 4.78 is 0. The minimum Gasteiger partial charge on any atom is -0.314 e. The zero-order chi connectivity index (χ0) is 14.8. The van der Waals surface area contributed by atoms with Crippen LogP contribution in [-0.4, -0.2) is 60.0 Å². The van der Waals surface area contributed by atoms with Crippen molar-refractivity contribution in [3.63, 3.8) is 0 Å². The molecule has 0 spiro atoms. The van der Waals surface area contributed by atoms with E-state index in [1.807, 2.05) is 6.07 Å². The van der Waals surface area contributed by atoms with Crippen LogP contribution in [0.1, 0.15) is 5.56 Å². The third kappa shape index (κ3) is 3.35. The van der Waals surface area contributed by atoms with E-state index in [1.165, 1.54) is 0 Å². The van der Waals surface area contributed by atoms with Gasteiger partial charge >= 0.3 is 0 Å². The van der Waals surface area contributed by atoms with E-state index in [0.29, 0.717) is 6.04 Å². The van der Waals surface area contributed by atoms with Crippen molar-refractivity contribution in [1.29, 1.82) is 0 Å². The maximum atomic E-state index is 10.9. The number of hydrogen-bond acceptors (Lipinski definition) is 5. The van der Waals surface area contributed by atoms with Gasteiger partial charge in [-0.3, -0.25) is 19.9 Å². The summed E-state index contributed by atoms with van der Waals surface area (Å²) >= 11 is 5.84. The maximum Gasteiger partial charge on any atom is 0.288 e. The highest BCUT2D eigenvalue weighted by Gasteiger charge is 2.27. The summed E-state index contributed by atoms with van der Waals surface area (Å²) in [4.78, 5) is 15.4. The summed E-state index contributed by atoms with van der Waals surface area (Å²) in [5.41, 5.74) is 0.943. The number of nitro groups is 1. The molecule has 2 aliphatic heterocycles. The van der Waals surface area contributed by atoms with Gasteiger partial charge in [-0.25, -0.2) is 0 Å². The normalized spacial score (nSPS) is 21.2. The van der Waals surface area contributed by atoms with Crippen molar-refractivity contribution in [3.05, 3.63) is 38.9 Å². The molecule has 3 rings (SSSR count). The summed E-state index contributed by atoms with van der Waals surface area (Å²) in [5.74, 6) is 0. The van der Waals surface area contributed by atoms with Crippen molar-refractivity contribution < 1.29 is 4.92 Å². The molecule has 2 fully saturated rings. The van der Waals surface area contributed by atoms with E-state index in [0.717, 1.165) is 51.4 Å². The highest BCUT2D eigenvalue weighted by molar-refractivity contribution is 6.32. The first-order chi connectivity index (χ1) is 10.1. The Kier molecular flexibility index (Phi) is 4.40. The average molecular weight is 311 g/mol. The van der Waals surface area contributed by atoms with E-state index >= 15 is 0 Å². The summed E-state index contributed by atoms with van der Waals surface area (Å²) in [7, 11) is 0. The Morgan fingerprint density at radius 1 is 1.29 bits per heavy atom. The van der Waals surface area contributed by atoms with Gasteiger partial charge in [-0.1, -0.05) is 17.7 Å². The summed E-state index contributed by atoms with van der Waals surface area (Å²) in [6.45, 7) is 7.10. The van der Waals surface area contributed by atoms with E-state index in [2.05, 4.69) is 15.1 Å². The molecule has 2 heterocycles. The molecule has 0 saturated carbocycles. The van der Waals surface area contributed by atoms with Crippen LogP contribution in [0.4, 0.5) is 5.69 Å². The Morgan fingerprint density at radius 3 is 2.57 bits per heavy atom. The lowest BCUT2D eigenvalue weighted by Gasteiger charge is -2.43. The monoisotopic (exact) mass is 310 g/mol. The zero-order valence-electron chi connectivity index (χ0n) is 11.8. The predicted molar refractivity (Wildman–Crippen MR) is 81.6 cm³/mol. The standard InChI is InChI=1S/C14H19ClN4O2/c15-13-2-1-11(7-14(13)19(20)21)10-17-3-5-18(6-4-17)12-8-16-9-12/h1-2,7,12,16H,3-6,8-10H2. The third-order valence-corrected chi connectivity index (χ3v) is 4.62. The topological polar surface area (TPSA) is 61.7 Å². The van der Waals surface area contributed by atoms with Crippen LogP contribution in [0.2, 0.25) is 5.02 Å². The van der Waals surface area contributed by atoms with Gasteiger partial charge in [0.2, 0.25) is 0 Å². The lowest BCUT2D eigenvalue weighted by molar-refractivity contribution is -0.384. The molecule has 6 nitrogen and oxygen atoms in total. The van der Waals surface area contributed by atoms with E-state index in [4.69, 9.17) is 11.6 Å². The van der Waals surface area contributed by atoms with Crippen LogP contribution in [0.25, 0.3) is 0 Å². The first kappa shape index (κ1) is 14.7. The van der Waals surface area contributed by atoms with E-state index < -0.39 is 4.92 Å². The minimum absolute atomic E-state index is 0.00616.